The molecule has 0 aromatic carbocycles. The third kappa shape index (κ3) is 2.61. The van der Waals surface area contributed by atoms with Crippen molar-refractivity contribution in [3.63, 3.8) is 0 Å². The fourth-order valence-corrected chi connectivity index (χ4v) is 2.22. The summed E-state index contributed by atoms with van der Waals surface area (Å²) < 4.78 is 46.2. The van der Waals surface area contributed by atoms with Gasteiger partial charge in [-0.1, -0.05) is 15.9 Å². The first-order chi connectivity index (χ1) is 6.36. The molecule has 1 aliphatic rings. The second-order valence-corrected chi connectivity index (χ2v) is 4.49. The predicted molar refractivity (Wildman–Crippen MR) is 48.5 cm³/mol. The molecule has 84 valence electrons. The fourth-order valence-electron chi connectivity index (χ4n) is 1.30. The Morgan fingerprint density at radius 1 is 1.43 bits per heavy atom. The molecule has 1 saturated carbocycles. The molecule has 0 N–H and O–H groups in total. The van der Waals surface area contributed by atoms with Crippen LogP contribution in [0.25, 0.3) is 0 Å². The molecule has 0 aromatic heterocycles. The Labute approximate surface area is 88.9 Å². The van der Waals surface area contributed by atoms with Crippen LogP contribution in [0.4, 0.5) is 13.2 Å². The molecule has 1 rings (SSSR count). The Morgan fingerprint density at radius 3 is 2.36 bits per heavy atom. The second kappa shape index (κ2) is 4.37. The van der Waals surface area contributed by atoms with Gasteiger partial charge in [0.15, 0.2) is 6.10 Å². The molecule has 14 heavy (non-hydrogen) atoms. The maximum atomic E-state index is 12.1. The van der Waals surface area contributed by atoms with Crippen molar-refractivity contribution in [3.05, 3.63) is 0 Å². The molecule has 4 unspecified atom stereocenters. The molecule has 0 bridgehead atoms. The lowest BCUT2D eigenvalue weighted by molar-refractivity contribution is -0.248. The summed E-state index contributed by atoms with van der Waals surface area (Å²) in [5.74, 6) is 0. The predicted octanol–water partition coefficient (Wildman–Crippen LogP) is 2.50. The van der Waals surface area contributed by atoms with Crippen LogP contribution in [-0.4, -0.2) is 36.4 Å². The quantitative estimate of drug-likeness (QED) is 0.738. The molecule has 0 aromatic rings. The van der Waals surface area contributed by atoms with Crippen LogP contribution < -0.4 is 0 Å². The van der Waals surface area contributed by atoms with Gasteiger partial charge in [-0.25, -0.2) is 0 Å². The minimum absolute atomic E-state index is 0.0953. The molecule has 0 heterocycles. The summed E-state index contributed by atoms with van der Waals surface area (Å²) in [6, 6.07) is 0. The Hall–Kier alpha value is 0.190. The standard InChI is InChI=1S/C8H12BrF3O2/c1-4(8(10,11)12)14-6-3-5(9)7(6)13-2/h4-7H,3H2,1-2H3. The molecule has 0 amide bonds. The first kappa shape index (κ1) is 12.3. The fraction of sp³-hybridized carbons (Fsp3) is 1.00. The van der Waals surface area contributed by atoms with Crippen molar-refractivity contribution in [2.24, 2.45) is 0 Å². The van der Waals surface area contributed by atoms with E-state index in [1.807, 2.05) is 0 Å². The van der Waals surface area contributed by atoms with Gasteiger partial charge in [0.2, 0.25) is 0 Å². The van der Waals surface area contributed by atoms with Crippen molar-refractivity contribution >= 4 is 15.9 Å². The highest BCUT2D eigenvalue weighted by molar-refractivity contribution is 9.09. The van der Waals surface area contributed by atoms with Gasteiger partial charge in [-0.05, 0) is 13.3 Å². The van der Waals surface area contributed by atoms with Crippen LogP contribution in [0.1, 0.15) is 13.3 Å². The van der Waals surface area contributed by atoms with Crippen LogP contribution in [0.3, 0.4) is 0 Å². The van der Waals surface area contributed by atoms with Crippen molar-refractivity contribution < 1.29 is 22.6 Å². The number of hydrogen-bond acceptors (Lipinski definition) is 2. The Morgan fingerprint density at radius 2 is 2.00 bits per heavy atom. The van der Waals surface area contributed by atoms with Gasteiger partial charge in [-0.3, -0.25) is 0 Å². The molecule has 0 spiro atoms. The Kier molecular flexibility index (Phi) is 3.82. The summed E-state index contributed by atoms with van der Waals surface area (Å²) in [5.41, 5.74) is 0. The van der Waals surface area contributed by atoms with Gasteiger partial charge in [-0.15, -0.1) is 0 Å². The number of hydrogen-bond donors (Lipinski definition) is 0. The van der Waals surface area contributed by atoms with E-state index in [-0.39, 0.29) is 10.9 Å². The zero-order valence-corrected chi connectivity index (χ0v) is 9.43. The van der Waals surface area contributed by atoms with Crippen molar-refractivity contribution in [1.29, 1.82) is 0 Å². The molecule has 1 fully saturated rings. The number of halogens is 4. The molecule has 1 aliphatic carbocycles. The zero-order valence-electron chi connectivity index (χ0n) is 7.84. The zero-order chi connectivity index (χ0) is 10.9. The SMILES string of the molecule is COC1C(Br)CC1OC(C)C(F)(F)F. The van der Waals surface area contributed by atoms with E-state index in [2.05, 4.69) is 15.9 Å². The third-order valence-corrected chi connectivity index (χ3v) is 3.19. The highest BCUT2D eigenvalue weighted by atomic mass is 79.9. The highest BCUT2D eigenvalue weighted by Crippen LogP contribution is 2.35. The van der Waals surface area contributed by atoms with Gasteiger partial charge >= 0.3 is 6.18 Å². The van der Waals surface area contributed by atoms with Crippen LogP contribution in [0, 0.1) is 0 Å². The molecule has 2 nitrogen and oxygen atoms in total. The van der Waals surface area contributed by atoms with Crippen LogP contribution >= 0.6 is 15.9 Å². The van der Waals surface area contributed by atoms with Crippen LogP contribution in [0.15, 0.2) is 0 Å². The number of methoxy groups -OCH3 is 1. The van der Waals surface area contributed by atoms with E-state index < -0.39 is 18.4 Å². The van der Waals surface area contributed by atoms with Crippen molar-refractivity contribution in [3.8, 4) is 0 Å². The maximum absolute atomic E-state index is 12.1. The molecule has 4 atom stereocenters. The van der Waals surface area contributed by atoms with E-state index in [0.717, 1.165) is 6.92 Å². The first-order valence-electron chi connectivity index (χ1n) is 4.25. The van der Waals surface area contributed by atoms with E-state index in [1.54, 1.807) is 0 Å². The molecule has 0 radical (unpaired) electrons. The number of alkyl halides is 4. The third-order valence-electron chi connectivity index (χ3n) is 2.29. The summed E-state index contributed by atoms with van der Waals surface area (Å²) in [4.78, 5) is 0.0953. The largest absolute Gasteiger partial charge is 0.414 e. The average molecular weight is 277 g/mol. The summed E-state index contributed by atoms with van der Waals surface area (Å²) in [6.07, 6.45) is -6.21. The van der Waals surface area contributed by atoms with E-state index in [0.29, 0.717) is 6.42 Å². The Bertz CT molecular complexity index is 198. The van der Waals surface area contributed by atoms with E-state index >= 15 is 0 Å². The van der Waals surface area contributed by atoms with E-state index in [1.165, 1.54) is 7.11 Å². The molecule has 6 heteroatoms. The molecule has 0 saturated heterocycles. The topological polar surface area (TPSA) is 18.5 Å². The lowest BCUT2D eigenvalue weighted by atomic mass is 9.91. The first-order valence-corrected chi connectivity index (χ1v) is 5.17. The minimum Gasteiger partial charge on any atom is -0.378 e. The van der Waals surface area contributed by atoms with E-state index in [9.17, 15) is 13.2 Å². The Balaban J connectivity index is 2.39. The number of ether oxygens (including phenoxy) is 2. The summed E-state index contributed by atoms with van der Waals surface area (Å²) in [7, 11) is 1.46. The normalized spacial score (nSPS) is 35.1. The monoisotopic (exact) mass is 276 g/mol. The van der Waals surface area contributed by atoms with Crippen molar-refractivity contribution in [2.45, 2.75) is 42.7 Å². The minimum atomic E-state index is -4.30. The highest BCUT2D eigenvalue weighted by Gasteiger charge is 2.46. The van der Waals surface area contributed by atoms with Gasteiger partial charge in [0, 0.05) is 11.9 Å². The van der Waals surface area contributed by atoms with Gasteiger partial charge in [0.1, 0.15) is 0 Å². The van der Waals surface area contributed by atoms with Gasteiger partial charge in [0.25, 0.3) is 0 Å². The average Bonchev–Trinajstić information content (AvgIpc) is 2.02. The summed E-state index contributed by atoms with van der Waals surface area (Å²) in [6.45, 7) is 1.01. The molecular formula is C8H12BrF3O2. The second-order valence-electron chi connectivity index (χ2n) is 3.31. The van der Waals surface area contributed by atoms with Gasteiger partial charge in [0.05, 0.1) is 12.2 Å². The molecule has 0 aliphatic heterocycles. The maximum Gasteiger partial charge on any atom is 0.414 e. The lowest BCUT2D eigenvalue weighted by Gasteiger charge is -2.41. The van der Waals surface area contributed by atoms with E-state index in [4.69, 9.17) is 9.47 Å². The number of rotatable bonds is 3. The lowest BCUT2D eigenvalue weighted by Crippen LogP contribution is -2.52. The smallest absolute Gasteiger partial charge is 0.378 e. The van der Waals surface area contributed by atoms with Crippen LogP contribution in [0.2, 0.25) is 0 Å². The summed E-state index contributed by atoms with van der Waals surface area (Å²) >= 11 is 3.28. The molecular weight excluding hydrogens is 265 g/mol. The van der Waals surface area contributed by atoms with Crippen LogP contribution in [-0.2, 0) is 9.47 Å². The van der Waals surface area contributed by atoms with Crippen LogP contribution in [0.5, 0.6) is 0 Å². The summed E-state index contributed by atoms with van der Waals surface area (Å²) in [5, 5.41) is 0. The van der Waals surface area contributed by atoms with Crippen molar-refractivity contribution in [2.75, 3.05) is 7.11 Å². The van der Waals surface area contributed by atoms with Crippen molar-refractivity contribution in [1.82, 2.24) is 0 Å². The van der Waals surface area contributed by atoms with Gasteiger partial charge < -0.3 is 9.47 Å². The van der Waals surface area contributed by atoms with Gasteiger partial charge in [-0.2, -0.15) is 13.2 Å².